The first-order chi connectivity index (χ1) is 11.0. The van der Waals surface area contributed by atoms with Gasteiger partial charge in [-0.25, -0.2) is 13.8 Å². The van der Waals surface area contributed by atoms with Crippen LogP contribution in [0.1, 0.15) is 17.7 Å². The van der Waals surface area contributed by atoms with Crippen molar-refractivity contribution < 1.29 is 18.7 Å². The molecule has 0 fully saturated rings. The fraction of sp³-hybridized carbons (Fsp3) is 0.176. The van der Waals surface area contributed by atoms with Crippen molar-refractivity contribution in [3.63, 3.8) is 0 Å². The van der Waals surface area contributed by atoms with E-state index >= 15 is 0 Å². The second-order valence-corrected chi connectivity index (χ2v) is 5.31. The molecular formula is C17H14F2N2O2. The van der Waals surface area contributed by atoms with Crippen LogP contribution >= 0.6 is 0 Å². The Bertz CT molecular complexity index is 874. The second-order valence-electron chi connectivity index (χ2n) is 5.31. The molecule has 1 N–H and O–H groups in total. The van der Waals surface area contributed by atoms with Crippen LogP contribution in [-0.4, -0.2) is 20.6 Å². The lowest BCUT2D eigenvalue weighted by molar-refractivity contribution is -0.136. The lowest BCUT2D eigenvalue weighted by Gasteiger charge is -2.10. The average Bonchev–Trinajstić information content (AvgIpc) is 2.82. The maximum Gasteiger partial charge on any atom is 0.303 e. The highest BCUT2D eigenvalue weighted by molar-refractivity contribution is 5.78. The van der Waals surface area contributed by atoms with Crippen molar-refractivity contribution in [3.8, 4) is 0 Å². The zero-order chi connectivity index (χ0) is 16.4. The Kier molecular flexibility index (Phi) is 4.06. The summed E-state index contributed by atoms with van der Waals surface area (Å²) in [6.07, 6.45) is 1.37. The molecule has 1 aromatic carbocycles. The topological polar surface area (TPSA) is 55.1 Å². The SMILES string of the molecule is O=C(O)CCc1cc2cc(F)cnc2n1Cc1cccc(F)c1. The maximum absolute atomic E-state index is 13.4. The molecule has 0 atom stereocenters. The summed E-state index contributed by atoms with van der Waals surface area (Å²) in [4.78, 5) is 14.9. The minimum Gasteiger partial charge on any atom is -0.481 e. The number of benzene rings is 1. The van der Waals surface area contributed by atoms with Crippen molar-refractivity contribution in [1.29, 1.82) is 0 Å². The van der Waals surface area contributed by atoms with E-state index in [1.54, 1.807) is 22.8 Å². The zero-order valence-electron chi connectivity index (χ0n) is 12.2. The molecule has 0 saturated heterocycles. The number of aliphatic carboxylic acids is 1. The summed E-state index contributed by atoms with van der Waals surface area (Å²) in [5.41, 5.74) is 2.01. The van der Waals surface area contributed by atoms with Gasteiger partial charge in [-0.05, 0) is 36.2 Å². The van der Waals surface area contributed by atoms with Gasteiger partial charge in [0.1, 0.15) is 17.3 Å². The minimum atomic E-state index is -0.910. The summed E-state index contributed by atoms with van der Waals surface area (Å²) in [5, 5.41) is 9.48. The van der Waals surface area contributed by atoms with Crippen molar-refractivity contribution in [2.75, 3.05) is 0 Å². The Hall–Kier alpha value is -2.76. The molecule has 2 aromatic heterocycles. The quantitative estimate of drug-likeness (QED) is 0.785. The van der Waals surface area contributed by atoms with Gasteiger partial charge < -0.3 is 9.67 Å². The number of aryl methyl sites for hydroxylation is 1. The van der Waals surface area contributed by atoms with E-state index < -0.39 is 11.8 Å². The second kappa shape index (κ2) is 6.16. The third-order valence-corrected chi connectivity index (χ3v) is 3.61. The van der Waals surface area contributed by atoms with E-state index in [0.29, 0.717) is 24.0 Å². The molecule has 2 heterocycles. The number of carboxylic acids is 1. The van der Waals surface area contributed by atoms with Gasteiger partial charge in [0.25, 0.3) is 0 Å². The van der Waals surface area contributed by atoms with E-state index in [1.807, 2.05) is 0 Å². The van der Waals surface area contributed by atoms with Crippen LogP contribution in [0.3, 0.4) is 0 Å². The van der Waals surface area contributed by atoms with Crippen LogP contribution in [0.25, 0.3) is 11.0 Å². The largest absolute Gasteiger partial charge is 0.481 e. The number of rotatable bonds is 5. The number of aromatic nitrogens is 2. The molecule has 4 nitrogen and oxygen atoms in total. The predicted molar refractivity (Wildman–Crippen MR) is 81.1 cm³/mol. The lowest BCUT2D eigenvalue weighted by atomic mass is 10.2. The molecule has 23 heavy (non-hydrogen) atoms. The first-order valence-corrected chi connectivity index (χ1v) is 7.13. The van der Waals surface area contributed by atoms with E-state index in [0.717, 1.165) is 17.5 Å². The first kappa shape index (κ1) is 15.1. The van der Waals surface area contributed by atoms with Crippen LogP contribution in [0, 0.1) is 11.6 Å². The predicted octanol–water partition coefficient (Wildman–Crippen LogP) is 3.38. The summed E-state index contributed by atoms with van der Waals surface area (Å²) in [7, 11) is 0. The smallest absolute Gasteiger partial charge is 0.303 e. The molecule has 3 aromatic rings. The van der Waals surface area contributed by atoms with Gasteiger partial charge in [-0.15, -0.1) is 0 Å². The summed E-state index contributed by atoms with van der Waals surface area (Å²) in [6, 6.07) is 9.24. The van der Waals surface area contributed by atoms with Crippen LogP contribution in [0.2, 0.25) is 0 Å². The number of hydrogen-bond acceptors (Lipinski definition) is 2. The number of hydrogen-bond donors (Lipinski definition) is 1. The van der Waals surface area contributed by atoms with Crippen molar-refractivity contribution >= 4 is 17.0 Å². The van der Waals surface area contributed by atoms with Gasteiger partial charge in [-0.3, -0.25) is 4.79 Å². The van der Waals surface area contributed by atoms with Crippen molar-refractivity contribution in [3.05, 3.63) is 65.5 Å². The van der Waals surface area contributed by atoms with Gasteiger partial charge in [-0.2, -0.15) is 0 Å². The summed E-state index contributed by atoms with van der Waals surface area (Å²) in [6.45, 7) is 0.342. The molecule has 0 unspecified atom stereocenters. The summed E-state index contributed by atoms with van der Waals surface area (Å²) < 4.78 is 28.5. The van der Waals surface area contributed by atoms with Crippen LogP contribution in [0.5, 0.6) is 0 Å². The third-order valence-electron chi connectivity index (χ3n) is 3.61. The Morgan fingerprint density at radius 1 is 1.17 bits per heavy atom. The molecule has 0 aliphatic carbocycles. The Morgan fingerprint density at radius 2 is 2.00 bits per heavy atom. The van der Waals surface area contributed by atoms with Crippen molar-refractivity contribution in [1.82, 2.24) is 9.55 Å². The number of carbonyl (C=O) groups is 1. The molecule has 118 valence electrons. The number of halogens is 2. The minimum absolute atomic E-state index is 0.0397. The third kappa shape index (κ3) is 3.36. The van der Waals surface area contributed by atoms with Gasteiger partial charge in [0, 0.05) is 17.6 Å². The van der Waals surface area contributed by atoms with Gasteiger partial charge in [0.2, 0.25) is 0 Å². The van der Waals surface area contributed by atoms with Gasteiger partial charge >= 0.3 is 5.97 Å². The average molecular weight is 316 g/mol. The molecule has 0 aliphatic heterocycles. The first-order valence-electron chi connectivity index (χ1n) is 7.13. The highest BCUT2D eigenvalue weighted by atomic mass is 19.1. The van der Waals surface area contributed by atoms with Gasteiger partial charge in [-0.1, -0.05) is 12.1 Å². The highest BCUT2D eigenvalue weighted by Gasteiger charge is 2.13. The molecule has 0 radical (unpaired) electrons. The number of pyridine rings is 1. The maximum atomic E-state index is 13.4. The summed E-state index contributed by atoms with van der Waals surface area (Å²) in [5.74, 6) is -1.71. The molecule has 0 spiro atoms. The highest BCUT2D eigenvalue weighted by Crippen LogP contribution is 2.22. The van der Waals surface area contributed by atoms with Crippen LogP contribution in [-0.2, 0) is 17.8 Å². The van der Waals surface area contributed by atoms with Crippen LogP contribution < -0.4 is 0 Å². The standard InChI is InChI=1S/C17H14F2N2O2/c18-13-3-1-2-11(6-13)10-21-15(4-5-16(22)23)8-12-7-14(19)9-20-17(12)21/h1-3,6-9H,4-5,10H2,(H,22,23). The Morgan fingerprint density at radius 3 is 2.74 bits per heavy atom. The van der Waals surface area contributed by atoms with E-state index in [-0.39, 0.29) is 12.2 Å². The number of fused-ring (bicyclic) bond motifs is 1. The van der Waals surface area contributed by atoms with Crippen LogP contribution in [0.4, 0.5) is 8.78 Å². The molecule has 0 saturated carbocycles. The molecule has 6 heteroatoms. The normalized spacial score (nSPS) is 11.0. The van der Waals surface area contributed by atoms with E-state index in [4.69, 9.17) is 5.11 Å². The van der Waals surface area contributed by atoms with Gasteiger partial charge in [0.15, 0.2) is 0 Å². The number of carboxylic acid groups (broad SMARTS) is 1. The Balaban J connectivity index is 2.04. The Labute approximate surface area is 131 Å². The molecule has 0 bridgehead atoms. The number of nitrogens with zero attached hydrogens (tertiary/aromatic N) is 2. The molecule has 3 rings (SSSR count). The molecular weight excluding hydrogens is 302 g/mol. The van der Waals surface area contributed by atoms with E-state index in [2.05, 4.69) is 4.98 Å². The van der Waals surface area contributed by atoms with Gasteiger partial charge in [0.05, 0.1) is 12.6 Å². The zero-order valence-corrected chi connectivity index (χ0v) is 12.2. The van der Waals surface area contributed by atoms with E-state index in [9.17, 15) is 13.6 Å². The fourth-order valence-corrected chi connectivity index (χ4v) is 2.61. The molecule has 0 amide bonds. The monoisotopic (exact) mass is 316 g/mol. The lowest BCUT2D eigenvalue weighted by Crippen LogP contribution is -2.07. The van der Waals surface area contributed by atoms with E-state index in [1.165, 1.54) is 18.2 Å². The van der Waals surface area contributed by atoms with Crippen LogP contribution in [0.15, 0.2) is 42.6 Å². The van der Waals surface area contributed by atoms with Crippen molar-refractivity contribution in [2.24, 2.45) is 0 Å². The summed E-state index contributed by atoms with van der Waals surface area (Å²) >= 11 is 0. The molecule has 0 aliphatic rings. The fourth-order valence-electron chi connectivity index (χ4n) is 2.61. The van der Waals surface area contributed by atoms with Crippen molar-refractivity contribution in [2.45, 2.75) is 19.4 Å².